The first-order valence-electron chi connectivity index (χ1n) is 7.75. The molecular formula is C17H16F3N5OS. The molecule has 142 valence electrons. The average Bonchev–Trinajstić information content (AvgIpc) is 2.99. The number of anilines is 4. The molecule has 0 atom stereocenters. The summed E-state index contributed by atoms with van der Waals surface area (Å²) < 4.78 is 48.9. The van der Waals surface area contributed by atoms with Crippen LogP contribution in [0.1, 0.15) is 11.1 Å². The van der Waals surface area contributed by atoms with Crippen LogP contribution in [0.25, 0.3) is 11.1 Å². The minimum Gasteiger partial charge on any atom is -0.351 e. The Morgan fingerprint density at radius 1 is 1.15 bits per heavy atom. The number of nitrogens with two attached hydrogens (primary N) is 1. The van der Waals surface area contributed by atoms with Crippen LogP contribution in [-0.2, 0) is 6.18 Å². The molecule has 3 aromatic rings. The first-order valence-corrected chi connectivity index (χ1v) is 8.98. The molecule has 0 saturated heterocycles. The highest BCUT2D eigenvalue weighted by Crippen LogP contribution is 2.41. The molecule has 0 aliphatic heterocycles. The van der Waals surface area contributed by atoms with E-state index < -0.39 is 11.7 Å². The van der Waals surface area contributed by atoms with Crippen molar-refractivity contribution in [3.05, 3.63) is 47.5 Å². The van der Waals surface area contributed by atoms with Gasteiger partial charge in [0.15, 0.2) is 0 Å². The molecule has 0 radical (unpaired) electrons. The molecular weight excluding hydrogens is 379 g/mol. The minimum absolute atomic E-state index is 0.0149. The monoisotopic (exact) mass is 395 g/mol. The van der Waals surface area contributed by atoms with Crippen molar-refractivity contribution in [3.8, 4) is 11.1 Å². The van der Waals surface area contributed by atoms with Gasteiger partial charge in [-0.05, 0) is 53.0 Å². The van der Waals surface area contributed by atoms with E-state index in [1.54, 1.807) is 37.3 Å². The summed E-state index contributed by atoms with van der Waals surface area (Å²) in [5.74, 6) is -0.0149. The van der Waals surface area contributed by atoms with Crippen molar-refractivity contribution >= 4 is 35.3 Å². The first-order chi connectivity index (χ1) is 12.8. The molecule has 27 heavy (non-hydrogen) atoms. The fourth-order valence-corrected chi connectivity index (χ4v) is 3.10. The second-order valence-electron chi connectivity index (χ2n) is 5.68. The van der Waals surface area contributed by atoms with Gasteiger partial charge in [-0.3, -0.25) is 0 Å². The lowest BCUT2D eigenvalue weighted by Gasteiger charge is -2.18. The van der Waals surface area contributed by atoms with E-state index in [1.807, 2.05) is 6.26 Å². The molecule has 0 bridgehead atoms. The normalized spacial score (nSPS) is 11.4. The Labute approximate surface area is 157 Å². The number of benzene rings is 2. The maximum Gasteiger partial charge on any atom is 0.417 e. The fraction of sp³-hybridized carbons (Fsp3) is 0.176. The van der Waals surface area contributed by atoms with E-state index in [9.17, 15) is 13.2 Å². The van der Waals surface area contributed by atoms with Crippen LogP contribution in [0.2, 0.25) is 0 Å². The molecule has 4 N–H and O–H groups in total. The maximum atomic E-state index is 13.8. The molecule has 0 fully saturated rings. The van der Waals surface area contributed by atoms with Crippen molar-refractivity contribution in [3.63, 3.8) is 0 Å². The number of nitrogens with one attached hydrogen (secondary N) is 2. The molecule has 0 unspecified atom stereocenters. The molecule has 10 heteroatoms. The molecule has 0 amide bonds. The number of aryl methyl sites for hydroxylation is 1. The summed E-state index contributed by atoms with van der Waals surface area (Å²) in [7, 11) is 0. The summed E-state index contributed by atoms with van der Waals surface area (Å²) in [4.78, 5) is 3.74. The van der Waals surface area contributed by atoms with Gasteiger partial charge in [-0.1, -0.05) is 24.1 Å². The van der Waals surface area contributed by atoms with Gasteiger partial charge in [0.25, 0.3) is 5.95 Å². The van der Waals surface area contributed by atoms with Gasteiger partial charge in [-0.25, -0.2) is 0 Å². The van der Waals surface area contributed by atoms with Crippen molar-refractivity contribution in [1.29, 1.82) is 0 Å². The third-order valence-corrected chi connectivity index (χ3v) is 4.15. The van der Waals surface area contributed by atoms with Crippen LogP contribution in [0.4, 0.5) is 36.5 Å². The summed E-state index contributed by atoms with van der Waals surface area (Å²) in [6.45, 7) is 1.62. The lowest BCUT2D eigenvalue weighted by Crippen LogP contribution is -2.09. The van der Waals surface area contributed by atoms with E-state index >= 15 is 0 Å². The van der Waals surface area contributed by atoms with Gasteiger partial charge in [-0.15, -0.1) is 0 Å². The van der Waals surface area contributed by atoms with Crippen molar-refractivity contribution in [1.82, 2.24) is 10.1 Å². The number of aromatic nitrogens is 2. The van der Waals surface area contributed by atoms with Crippen molar-refractivity contribution < 1.29 is 17.7 Å². The largest absolute Gasteiger partial charge is 0.417 e. The highest BCUT2D eigenvalue weighted by molar-refractivity contribution is 7.99. The van der Waals surface area contributed by atoms with Crippen LogP contribution in [0.3, 0.4) is 0 Å². The van der Waals surface area contributed by atoms with Crippen molar-refractivity contribution in [2.45, 2.75) is 13.1 Å². The summed E-state index contributed by atoms with van der Waals surface area (Å²) in [6, 6.07) is 9.26. The third kappa shape index (κ3) is 4.27. The Kier molecular flexibility index (Phi) is 5.17. The van der Waals surface area contributed by atoms with E-state index in [2.05, 4.69) is 24.7 Å². The zero-order chi connectivity index (χ0) is 19.6. The van der Waals surface area contributed by atoms with Gasteiger partial charge in [-0.2, -0.15) is 18.2 Å². The fourth-order valence-electron chi connectivity index (χ4n) is 2.74. The van der Waals surface area contributed by atoms with Crippen LogP contribution >= 0.6 is 11.9 Å². The maximum absolute atomic E-state index is 13.8. The van der Waals surface area contributed by atoms with Gasteiger partial charge >= 0.3 is 12.2 Å². The van der Waals surface area contributed by atoms with Crippen molar-refractivity contribution in [2.24, 2.45) is 0 Å². The SMILES string of the molecule is CSNc1cccc(-c2c(C)cc(Nc3noc(N)n3)cc2C(F)(F)F)c1. The third-order valence-electron chi connectivity index (χ3n) is 3.71. The zero-order valence-electron chi connectivity index (χ0n) is 14.4. The molecule has 0 aliphatic carbocycles. The average molecular weight is 395 g/mol. The van der Waals surface area contributed by atoms with E-state index in [1.165, 1.54) is 11.9 Å². The predicted molar refractivity (Wildman–Crippen MR) is 101 cm³/mol. The van der Waals surface area contributed by atoms with Gasteiger partial charge in [0, 0.05) is 17.6 Å². The van der Waals surface area contributed by atoms with Crippen LogP contribution in [0, 0.1) is 6.92 Å². The molecule has 2 aromatic carbocycles. The zero-order valence-corrected chi connectivity index (χ0v) is 15.2. The lowest BCUT2D eigenvalue weighted by molar-refractivity contribution is -0.137. The second kappa shape index (κ2) is 7.39. The Morgan fingerprint density at radius 2 is 1.93 bits per heavy atom. The van der Waals surface area contributed by atoms with E-state index in [4.69, 9.17) is 5.73 Å². The van der Waals surface area contributed by atoms with Crippen LogP contribution < -0.4 is 15.8 Å². The van der Waals surface area contributed by atoms with Crippen LogP contribution in [-0.4, -0.2) is 16.4 Å². The Bertz CT molecular complexity index is 958. The topological polar surface area (TPSA) is 89.0 Å². The molecule has 0 spiro atoms. The van der Waals surface area contributed by atoms with Gasteiger partial charge in [0.1, 0.15) is 0 Å². The number of nitrogens with zero attached hydrogens (tertiary/aromatic N) is 2. The van der Waals surface area contributed by atoms with Crippen LogP contribution in [0.5, 0.6) is 0 Å². The second-order valence-corrected chi connectivity index (χ2v) is 6.29. The molecule has 3 rings (SSSR count). The number of alkyl halides is 3. The Balaban J connectivity index is 2.09. The molecule has 0 aliphatic rings. The standard InChI is InChI=1S/C17H16F3N5OS/c1-9-6-12(22-16-23-15(21)26-24-16)8-13(17(18,19)20)14(9)10-4-3-5-11(7-10)25-27-2/h3-8,25H,1-2H3,(H3,21,22,23,24). The summed E-state index contributed by atoms with van der Waals surface area (Å²) in [5.41, 5.74) is 6.51. The highest BCUT2D eigenvalue weighted by Gasteiger charge is 2.35. The Hall–Kier alpha value is -2.88. The van der Waals surface area contributed by atoms with Crippen molar-refractivity contribution in [2.75, 3.05) is 22.0 Å². The smallest absolute Gasteiger partial charge is 0.351 e. The quantitative estimate of drug-likeness (QED) is 0.519. The number of hydrogen-bond donors (Lipinski definition) is 3. The minimum atomic E-state index is -4.54. The molecule has 1 heterocycles. The first kappa shape index (κ1) is 18.9. The predicted octanol–water partition coefficient (Wildman–Crippen LogP) is 5.08. The van der Waals surface area contributed by atoms with E-state index in [-0.39, 0.29) is 23.2 Å². The summed E-state index contributed by atoms with van der Waals surface area (Å²) in [5, 5.41) is 6.21. The number of hydrogen-bond acceptors (Lipinski definition) is 7. The summed E-state index contributed by atoms with van der Waals surface area (Å²) >= 11 is 1.36. The molecule has 0 saturated carbocycles. The van der Waals surface area contributed by atoms with Gasteiger partial charge in [0.2, 0.25) is 0 Å². The number of nitrogen functional groups attached to an aromatic ring is 1. The van der Waals surface area contributed by atoms with Gasteiger partial charge in [0.05, 0.1) is 5.56 Å². The van der Waals surface area contributed by atoms with Gasteiger partial charge < -0.3 is 20.3 Å². The summed E-state index contributed by atoms with van der Waals surface area (Å²) in [6.07, 6.45) is -2.71. The lowest BCUT2D eigenvalue weighted by atomic mass is 9.93. The number of halogens is 3. The Morgan fingerprint density at radius 3 is 2.56 bits per heavy atom. The number of rotatable bonds is 5. The highest BCUT2D eigenvalue weighted by atomic mass is 32.2. The molecule has 6 nitrogen and oxygen atoms in total. The van der Waals surface area contributed by atoms with Crippen LogP contribution in [0.15, 0.2) is 40.9 Å². The van der Waals surface area contributed by atoms with E-state index in [0.717, 1.165) is 11.8 Å². The van der Waals surface area contributed by atoms with E-state index in [0.29, 0.717) is 11.1 Å². The molecule has 1 aromatic heterocycles.